The van der Waals surface area contributed by atoms with Gasteiger partial charge in [-0.25, -0.2) is 0 Å². The van der Waals surface area contributed by atoms with Crippen molar-refractivity contribution in [3.8, 4) is 17.2 Å². The van der Waals surface area contributed by atoms with Crippen LogP contribution in [-0.2, 0) is 4.79 Å². The zero-order chi connectivity index (χ0) is 17.0. The van der Waals surface area contributed by atoms with E-state index in [0.717, 1.165) is 0 Å². The first kappa shape index (κ1) is 17.8. The molecule has 2 rings (SSSR count). The summed E-state index contributed by atoms with van der Waals surface area (Å²) in [6.07, 6.45) is 0. The Morgan fingerprint density at radius 2 is 1.65 bits per heavy atom. The van der Waals surface area contributed by atoms with E-state index in [0.29, 0.717) is 25.9 Å². The van der Waals surface area contributed by atoms with Crippen LogP contribution >= 0.6 is 34.8 Å². The second kappa shape index (κ2) is 7.86. The van der Waals surface area contributed by atoms with Gasteiger partial charge in [-0.05, 0) is 30.3 Å². The molecule has 122 valence electrons. The van der Waals surface area contributed by atoms with Gasteiger partial charge in [-0.1, -0.05) is 34.8 Å². The van der Waals surface area contributed by atoms with Gasteiger partial charge in [0.15, 0.2) is 11.5 Å². The summed E-state index contributed by atoms with van der Waals surface area (Å²) >= 11 is 17.8. The maximum Gasteiger partial charge on any atom is 0.328 e. The largest absolute Gasteiger partial charge is 0.452 e. The van der Waals surface area contributed by atoms with Crippen LogP contribution in [-0.4, -0.2) is 29.8 Å². The van der Waals surface area contributed by atoms with Crippen LogP contribution in [0.1, 0.15) is 0 Å². The average molecular weight is 377 g/mol. The first-order valence-electron chi connectivity index (χ1n) is 6.38. The summed E-state index contributed by atoms with van der Waals surface area (Å²) in [5.74, 6) is 0.0159. The van der Waals surface area contributed by atoms with Gasteiger partial charge >= 0.3 is 5.97 Å². The van der Waals surface area contributed by atoms with E-state index in [1.807, 2.05) is 0 Å². The highest BCUT2D eigenvalue weighted by Crippen LogP contribution is 2.37. The lowest BCUT2D eigenvalue weighted by molar-refractivity contribution is -0.146. The van der Waals surface area contributed by atoms with Gasteiger partial charge in [0.1, 0.15) is 12.3 Å². The Bertz CT molecular complexity index is 722. The number of halogens is 3. The van der Waals surface area contributed by atoms with Crippen molar-refractivity contribution >= 4 is 40.8 Å². The Morgan fingerprint density at radius 3 is 2.26 bits per heavy atom. The maximum atomic E-state index is 11.7. The summed E-state index contributed by atoms with van der Waals surface area (Å²) in [5.41, 5.74) is 0. The molecule has 0 fully saturated rings. The highest BCUT2D eigenvalue weighted by Gasteiger charge is 2.14. The summed E-state index contributed by atoms with van der Waals surface area (Å²) in [4.78, 5) is 11.7. The van der Waals surface area contributed by atoms with Gasteiger partial charge < -0.3 is 14.7 Å². The second-order valence-electron chi connectivity index (χ2n) is 4.56. The molecule has 0 saturated heterocycles. The fourth-order valence-corrected chi connectivity index (χ4v) is 2.27. The van der Waals surface area contributed by atoms with Gasteiger partial charge in [-0.15, -0.1) is 0 Å². The molecule has 0 heterocycles. The Balaban J connectivity index is 2.26. The van der Waals surface area contributed by atoms with Crippen molar-refractivity contribution in [3.63, 3.8) is 0 Å². The van der Waals surface area contributed by atoms with E-state index in [1.54, 1.807) is 24.3 Å². The summed E-state index contributed by atoms with van der Waals surface area (Å²) in [7, 11) is 1.32. The molecule has 0 spiro atoms. The van der Waals surface area contributed by atoms with Gasteiger partial charge in [-0.2, -0.15) is 5.06 Å². The minimum Gasteiger partial charge on any atom is -0.452 e. The minimum atomic E-state index is -0.677. The lowest BCUT2D eigenvalue weighted by atomic mass is 10.3. The van der Waals surface area contributed by atoms with Crippen molar-refractivity contribution in [1.82, 2.24) is 5.06 Å². The first-order valence-corrected chi connectivity index (χ1v) is 7.51. The third-order valence-electron chi connectivity index (χ3n) is 2.60. The molecule has 8 heteroatoms. The first-order chi connectivity index (χ1) is 10.8. The summed E-state index contributed by atoms with van der Waals surface area (Å²) in [6, 6.07) is 9.28. The molecule has 0 atom stereocenters. The zero-order valence-corrected chi connectivity index (χ0v) is 14.2. The predicted octanol–water partition coefficient (Wildman–Crippen LogP) is 4.67. The second-order valence-corrected chi connectivity index (χ2v) is 5.84. The molecular weight excluding hydrogens is 365 g/mol. The lowest BCUT2D eigenvalue weighted by Gasteiger charge is -2.13. The number of carbonyl (C=O) groups excluding carboxylic acids is 1. The smallest absolute Gasteiger partial charge is 0.328 e. The lowest BCUT2D eigenvalue weighted by Crippen LogP contribution is -2.26. The quantitative estimate of drug-likeness (QED) is 0.467. The van der Waals surface area contributed by atoms with Gasteiger partial charge in [0.25, 0.3) is 0 Å². The van der Waals surface area contributed by atoms with Crippen LogP contribution in [0.2, 0.25) is 15.1 Å². The van der Waals surface area contributed by atoms with Gasteiger partial charge in [0, 0.05) is 23.2 Å². The molecule has 1 N–H and O–H groups in total. The van der Waals surface area contributed by atoms with E-state index >= 15 is 0 Å². The highest BCUT2D eigenvalue weighted by atomic mass is 35.5. The number of hydrogen-bond donors (Lipinski definition) is 1. The van der Waals surface area contributed by atoms with E-state index in [2.05, 4.69) is 0 Å². The molecule has 0 aliphatic heterocycles. The van der Waals surface area contributed by atoms with Crippen LogP contribution in [0.25, 0.3) is 0 Å². The molecule has 0 radical (unpaired) electrons. The van der Waals surface area contributed by atoms with Gasteiger partial charge in [0.05, 0.1) is 5.02 Å². The molecule has 0 aliphatic carbocycles. The van der Waals surface area contributed by atoms with Gasteiger partial charge in [-0.3, -0.25) is 4.79 Å². The van der Waals surface area contributed by atoms with Crippen molar-refractivity contribution in [2.45, 2.75) is 0 Å². The van der Waals surface area contributed by atoms with Crippen molar-refractivity contribution in [2.24, 2.45) is 0 Å². The normalized spacial score (nSPS) is 10.7. The molecule has 0 saturated carbocycles. The molecule has 0 aliphatic rings. The third-order valence-corrected chi connectivity index (χ3v) is 3.37. The number of hydrogen-bond acceptors (Lipinski definition) is 5. The summed E-state index contributed by atoms with van der Waals surface area (Å²) < 4.78 is 10.8. The highest BCUT2D eigenvalue weighted by molar-refractivity contribution is 6.35. The number of carbonyl (C=O) groups is 1. The van der Waals surface area contributed by atoms with Crippen molar-refractivity contribution < 1.29 is 19.5 Å². The van der Waals surface area contributed by atoms with Crippen LogP contribution in [0, 0.1) is 0 Å². The molecule has 0 unspecified atom stereocenters. The summed E-state index contributed by atoms with van der Waals surface area (Å²) in [6.45, 7) is -0.312. The van der Waals surface area contributed by atoms with E-state index in [4.69, 9.17) is 49.5 Å². The predicted molar refractivity (Wildman–Crippen MR) is 88.0 cm³/mol. The fourth-order valence-electron chi connectivity index (χ4n) is 1.66. The number of ether oxygens (including phenoxy) is 2. The van der Waals surface area contributed by atoms with Crippen LogP contribution in [0.4, 0.5) is 0 Å². The fraction of sp³-hybridized carbons (Fsp3) is 0.133. The van der Waals surface area contributed by atoms with Crippen LogP contribution in [0.15, 0.2) is 36.4 Å². The zero-order valence-electron chi connectivity index (χ0n) is 11.9. The monoisotopic (exact) mass is 375 g/mol. The SMILES string of the molecule is CN(O)CC(=O)Oc1cc(Cl)ccc1Oc1ccc(Cl)cc1Cl. The number of rotatable bonds is 5. The third kappa shape index (κ3) is 5.27. The molecule has 0 bridgehead atoms. The van der Waals surface area contributed by atoms with Crippen LogP contribution in [0.3, 0.4) is 0 Å². The molecule has 23 heavy (non-hydrogen) atoms. The Hall–Kier alpha value is -1.50. The molecule has 2 aromatic carbocycles. The summed E-state index contributed by atoms with van der Waals surface area (Å²) in [5, 5.41) is 10.9. The number of nitrogens with zero attached hydrogens (tertiary/aromatic N) is 1. The molecule has 0 aromatic heterocycles. The molecule has 5 nitrogen and oxygen atoms in total. The number of esters is 1. The van der Waals surface area contributed by atoms with Crippen LogP contribution in [0.5, 0.6) is 17.2 Å². The molecule has 0 amide bonds. The Morgan fingerprint density at radius 1 is 1.04 bits per heavy atom. The topological polar surface area (TPSA) is 59.0 Å². The number of likely N-dealkylation sites (N-methyl/N-ethyl adjacent to an activating group) is 1. The maximum absolute atomic E-state index is 11.7. The van der Waals surface area contributed by atoms with E-state index in [1.165, 1.54) is 19.2 Å². The van der Waals surface area contributed by atoms with Crippen molar-refractivity contribution in [2.75, 3.05) is 13.6 Å². The Labute approximate surface area is 147 Å². The number of benzene rings is 2. The van der Waals surface area contributed by atoms with Gasteiger partial charge in [0.2, 0.25) is 0 Å². The standard InChI is InChI=1S/C15H12Cl3NO4/c1-19(21)8-15(20)23-14-7-10(17)3-5-13(14)22-12-4-2-9(16)6-11(12)18/h2-7,21H,8H2,1H3. The minimum absolute atomic E-state index is 0.107. The van der Waals surface area contributed by atoms with Crippen molar-refractivity contribution in [3.05, 3.63) is 51.5 Å². The van der Waals surface area contributed by atoms with Crippen LogP contribution < -0.4 is 9.47 Å². The average Bonchev–Trinajstić information content (AvgIpc) is 2.43. The molecule has 2 aromatic rings. The molecular formula is C15H12Cl3NO4. The van der Waals surface area contributed by atoms with E-state index in [-0.39, 0.29) is 18.0 Å². The van der Waals surface area contributed by atoms with Crippen molar-refractivity contribution in [1.29, 1.82) is 0 Å². The van der Waals surface area contributed by atoms with E-state index in [9.17, 15) is 4.79 Å². The number of hydroxylamine groups is 2. The van der Waals surface area contributed by atoms with E-state index < -0.39 is 5.97 Å². The Kier molecular flexibility index (Phi) is 6.10.